The largest absolute Gasteiger partial charge is 0.456 e. The lowest BCUT2D eigenvalue weighted by atomic mass is 9.94. The summed E-state index contributed by atoms with van der Waals surface area (Å²) in [5, 5.41) is 7.07. The van der Waals surface area contributed by atoms with Gasteiger partial charge in [0.05, 0.1) is 0 Å². The molecule has 0 aliphatic heterocycles. The van der Waals surface area contributed by atoms with Gasteiger partial charge >= 0.3 is 0 Å². The normalized spacial score (nSPS) is 11.5. The quantitative estimate of drug-likeness (QED) is 0.199. The Hall–Kier alpha value is -6.12. The molecule has 0 spiro atoms. The van der Waals surface area contributed by atoms with Crippen molar-refractivity contribution in [2.75, 3.05) is 4.90 Å². The van der Waals surface area contributed by atoms with Crippen LogP contribution in [0.4, 0.5) is 17.1 Å². The minimum absolute atomic E-state index is 0.899. The van der Waals surface area contributed by atoms with E-state index in [0.717, 1.165) is 39.0 Å². The van der Waals surface area contributed by atoms with Crippen LogP contribution in [0.25, 0.3) is 65.7 Å². The predicted molar refractivity (Wildman–Crippen MR) is 194 cm³/mol. The van der Waals surface area contributed by atoms with E-state index >= 15 is 0 Å². The van der Waals surface area contributed by atoms with Gasteiger partial charge < -0.3 is 9.32 Å². The molecule has 0 saturated carbocycles. The van der Waals surface area contributed by atoms with Crippen molar-refractivity contribution in [2.24, 2.45) is 0 Å². The van der Waals surface area contributed by atoms with Gasteiger partial charge in [-0.25, -0.2) is 0 Å². The number of furan rings is 1. The first-order chi connectivity index (χ1) is 22.8. The Morgan fingerprint density at radius 3 is 1.78 bits per heavy atom. The van der Waals surface area contributed by atoms with Crippen molar-refractivity contribution in [3.63, 3.8) is 0 Å². The second-order valence-corrected chi connectivity index (χ2v) is 11.8. The number of hydrogen-bond donors (Lipinski definition) is 0. The number of fused-ring (bicyclic) bond motifs is 6. The minimum atomic E-state index is 0.899. The lowest BCUT2D eigenvalue weighted by molar-refractivity contribution is 0.669. The zero-order chi connectivity index (χ0) is 30.5. The zero-order valence-electron chi connectivity index (χ0n) is 25.1. The van der Waals surface area contributed by atoms with E-state index in [0.29, 0.717) is 0 Å². The van der Waals surface area contributed by atoms with E-state index in [2.05, 4.69) is 175 Å². The summed E-state index contributed by atoms with van der Waals surface area (Å²) in [6.07, 6.45) is 0. The number of anilines is 3. The molecule has 0 unspecified atom stereocenters. The zero-order valence-corrected chi connectivity index (χ0v) is 25.1. The molecule has 216 valence electrons. The highest BCUT2D eigenvalue weighted by atomic mass is 16.3. The maximum Gasteiger partial charge on any atom is 0.136 e. The molecule has 46 heavy (non-hydrogen) atoms. The fourth-order valence-corrected chi connectivity index (χ4v) is 6.83. The molecular formula is C44H29NO. The SMILES string of the molecule is c1ccc(-c2ccc3cc(N(c4ccccc4)c4ccc5c(-c6ccccc6)cc6oc7ccccc7c6c5c4)ccc3c2)cc1. The van der Waals surface area contributed by atoms with Crippen LogP contribution in [0.2, 0.25) is 0 Å². The summed E-state index contributed by atoms with van der Waals surface area (Å²) in [6, 6.07) is 62.7. The first-order valence-corrected chi connectivity index (χ1v) is 15.7. The lowest BCUT2D eigenvalue weighted by Gasteiger charge is -2.26. The first-order valence-electron chi connectivity index (χ1n) is 15.7. The molecule has 0 bridgehead atoms. The van der Waals surface area contributed by atoms with E-state index in [1.165, 1.54) is 43.8 Å². The van der Waals surface area contributed by atoms with Crippen LogP contribution in [0.1, 0.15) is 0 Å². The molecule has 0 N–H and O–H groups in total. The molecule has 0 saturated heterocycles. The van der Waals surface area contributed by atoms with Crippen molar-refractivity contribution < 1.29 is 4.42 Å². The number of nitrogens with zero attached hydrogens (tertiary/aromatic N) is 1. The van der Waals surface area contributed by atoms with Crippen molar-refractivity contribution in [3.05, 3.63) is 176 Å². The molecular weight excluding hydrogens is 558 g/mol. The molecule has 0 atom stereocenters. The highest BCUT2D eigenvalue weighted by Crippen LogP contribution is 2.44. The van der Waals surface area contributed by atoms with Crippen LogP contribution in [0.5, 0.6) is 0 Å². The van der Waals surface area contributed by atoms with E-state index in [4.69, 9.17) is 4.42 Å². The number of benzene rings is 8. The van der Waals surface area contributed by atoms with E-state index in [9.17, 15) is 0 Å². The van der Waals surface area contributed by atoms with Crippen molar-refractivity contribution in [2.45, 2.75) is 0 Å². The van der Waals surface area contributed by atoms with Gasteiger partial charge in [0.2, 0.25) is 0 Å². The van der Waals surface area contributed by atoms with Gasteiger partial charge in [0.1, 0.15) is 11.2 Å². The van der Waals surface area contributed by atoms with Crippen LogP contribution in [0, 0.1) is 0 Å². The third-order valence-electron chi connectivity index (χ3n) is 9.01. The molecule has 0 amide bonds. The summed E-state index contributed by atoms with van der Waals surface area (Å²) >= 11 is 0. The van der Waals surface area contributed by atoms with Gasteiger partial charge in [0.15, 0.2) is 0 Å². The summed E-state index contributed by atoms with van der Waals surface area (Å²) in [5.74, 6) is 0. The second-order valence-electron chi connectivity index (χ2n) is 11.8. The Morgan fingerprint density at radius 2 is 0.978 bits per heavy atom. The van der Waals surface area contributed by atoms with Gasteiger partial charge in [-0.1, -0.05) is 121 Å². The second kappa shape index (κ2) is 10.8. The van der Waals surface area contributed by atoms with E-state index in [1.54, 1.807) is 0 Å². The van der Waals surface area contributed by atoms with Gasteiger partial charge in [-0.3, -0.25) is 0 Å². The third-order valence-corrected chi connectivity index (χ3v) is 9.01. The molecule has 2 nitrogen and oxygen atoms in total. The number of para-hydroxylation sites is 2. The van der Waals surface area contributed by atoms with E-state index < -0.39 is 0 Å². The summed E-state index contributed by atoms with van der Waals surface area (Å²) in [4.78, 5) is 2.35. The van der Waals surface area contributed by atoms with Crippen LogP contribution in [-0.2, 0) is 0 Å². The van der Waals surface area contributed by atoms with Crippen molar-refractivity contribution >= 4 is 60.5 Å². The van der Waals surface area contributed by atoms with Gasteiger partial charge in [-0.15, -0.1) is 0 Å². The molecule has 9 aromatic rings. The molecule has 1 heterocycles. The highest BCUT2D eigenvalue weighted by Gasteiger charge is 2.19. The summed E-state index contributed by atoms with van der Waals surface area (Å²) in [5.41, 5.74) is 9.90. The number of rotatable bonds is 5. The Labute approximate surface area is 267 Å². The van der Waals surface area contributed by atoms with E-state index in [1.807, 2.05) is 6.07 Å². The smallest absolute Gasteiger partial charge is 0.136 e. The molecule has 0 aliphatic rings. The molecule has 1 aromatic heterocycles. The molecule has 0 fully saturated rings. The summed E-state index contributed by atoms with van der Waals surface area (Å²) < 4.78 is 6.47. The Morgan fingerprint density at radius 1 is 0.348 bits per heavy atom. The van der Waals surface area contributed by atoms with Crippen LogP contribution in [0.3, 0.4) is 0 Å². The standard InChI is InChI=1S/C44H29NO/c1-4-12-30(13-5-1)32-20-21-34-27-36(23-22-33(34)26-32)45(35-16-8-3-9-17-35)37-24-25-38-40(31-14-6-2-7-15-31)29-43-44(41(38)28-37)39-18-10-11-19-42(39)46-43/h1-29H. The predicted octanol–water partition coefficient (Wildman–Crippen LogP) is 12.7. The fraction of sp³-hybridized carbons (Fsp3) is 0. The van der Waals surface area contributed by atoms with Gasteiger partial charge in [-0.05, 0) is 98.4 Å². The van der Waals surface area contributed by atoms with E-state index in [-0.39, 0.29) is 0 Å². The topological polar surface area (TPSA) is 16.4 Å². The fourth-order valence-electron chi connectivity index (χ4n) is 6.83. The van der Waals surface area contributed by atoms with Gasteiger partial charge in [0, 0.05) is 27.8 Å². The van der Waals surface area contributed by atoms with Crippen molar-refractivity contribution in [1.29, 1.82) is 0 Å². The minimum Gasteiger partial charge on any atom is -0.456 e. The molecule has 9 rings (SSSR count). The monoisotopic (exact) mass is 587 g/mol. The van der Waals surface area contributed by atoms with Crippen LogP contribution >= 0.6 is 0 Å². The maximum atomic E-state index is 6.47. The molecule has 0 aliphatic carbocycles. The van der Waals surface area contributed by atoms with Gasteiger partial charge in [-0.2, -0.15) is 0 Å². The number of hydrogen-bond acceptors (Lipinski definition) is 2. The Bertz CT molecular complexity index is 2510. The molecule has 2 heteroatoms. The maximum absolute atomic E-state index is 6.47. The van der Waals surface area contributed by atoms with Crippen LogP contribution < -0.4 is 4.90 Å². The Kier molecular flexibility index (Phi) is 6.17. The third kappa shape index (κ3) is 4.43. The summed E-state index contributed by atoms with van der Waals surface area (Å²) in [7, 11) is 0. The van der Waals surface area contributed by atoms with Crippen molar-refractivity contribution in [3.8, 4) is 22.3 Å². The summed E-state index contributed by atoms with van der Waals surface area (Å²) in [6.45, 7) is 0. The average molecular weight is 588 g/mol. The average Bonchev–Trinajstić information content (AvgIpc) is 3.51. The highest BCUT2D eigenvalue weighted by molar-refractivity contribution is 6.22. The van der Waals surface area contributed by atoms with Crippen LogP contribution in [0.15, 0.2) is 180 Å². The molecule has 8 aromatic carbocycles. The Balaban J connectivity index is 1.27. The lowest BCUT2D eigenvalue weighted by Crippen LogP contribution is -2.09. The molecule has 0 radical (unpaired) electrons. The van der Waals surface area contributed by atoms with Gasteiger partial charge in [0.25, 0.3) is 0 Å². The first kappa shape index (κ1) is 26.3. The van der Waals surface area contributed by atoms with Crippen LogP contribution in [-0.4, -0.2) is 0 Å². The van der Waals surface area contributed by atoms with Crippen molar-refractivity contribution in [1.82, 2.24) is 0 Å².